The zero-order valence-electron chi connectivity index (χ0n) is 13.3. The number of rotatable bonds is 8. The molecule has 1 fully saturated rings. The lowest BCUT2D eigenvalue weighted by molar-refractivity contribution is 0.239. The third-order valence-electron chi connectivity index (χ3n) is 4.05. The Morgan fingerprint density at radius 3 is 2.81 bits per heavy atom. The van der Waals surface area contributed by atoms with Gasteiger partial charge in [0, 0.05) is 32.3 Å². The van der Waals surface area contributed by atoms with Crippen molar-refractivity contribution < 1.29 is 0 Å². The second kappa shape index (κ2) is 7.90. The quantitative estimate of drug-likeness (QED) is 0.750. The van der Waals surface area contributed by atoms with Gasteiger partial charge in [0.2, 0.25) is 0 Å². The monoisotopic (exact) mass is 308 g/mol. The number of thiocarbonyl (C=S) groups is 1. The Balaban J connectivity index is 1.93. The van der Waals surface area contributed by atoms with Crippen molar-refractivity contribution >= 4 is 17.2 Å². The molecule has 2 N–H and O–H groups in total. The van der Waals surface area contributed by atoms with Crippen LogP contribution >= 0.6 is 12.2 Å². The molecular weight excluding hydrogens is 280 g/mol. The van der Waals surface area contributed by atoms with Gasteiger partial charge in [-0.05, 0) is 24.8 Å². The Morgan fingerprint density at radius 1 is 1.48 bits per heavy atom. The first-order valence-corrected chi connectivity index (χ1v) is 8.50. The predicted octanol–water partition coefficient (Wildman–Crippen LogP) is 3.13. The van der Waals surface area contributed by atoms with Gasteiger partial charge in [-0.25, -0.2) is 0 Å². The molecule has 1 aromatic rings. The average Bonchev–Trinajstić information content (AvgIpc) is 3.05. The maximum Gasteiger partial charge on any atom is 0.0764 e. The lowest BCUT2D eigenvalue weighted by atomic mass is 10.2. The van der Waals surface area contributed by atoms with Gasteiger partial charge < -0.3 is 5.73 Å². The van der Waals surface area contributed by atoms with Crippen LogP contribution in [0.15, 0.2) is 12.3 Å². The van der Waals surface area contributed by atoms with Crippen molar-refractivity contribution in [1.29, 1.82) is 0 Å². The maximum absolute atomic E-state index is 5.64. The van der Waals surface area contributed by atoms with Gasteiger partial charge >= 0.3 is 0 Å². The minimum Gasteiger partial charge on any atom is -0.393 e. The molecule has 0 aromatic carbocycles. The highest BCUT2D eigenvalue weighted by Crippen LogP contribution is 2.28. The molecule has 0 atom stereocenters. The molecule has 2 rings (SSSR count). The SMILES string of the molecule is CC(C)CN(CCC(N)=S)Cc1ccn(C2CCCC2)n1. The van der Waals surface area contributed by atoms with Crippen LogP contribution in [0.3, 0.4) is 0 Å². The standard InChI is InChI=1S/C16H28N4S/c1-13(2)11-19(9-8-16(17)21)12-14-7-10-20(18-14)15-5-3-4-6-15/h7,10,13,15H,3-6,8-9,11-12H2,1-2H3,(H2,17,21). The first-order chi connectivity index (χ1) is 10.0. The number of hydrogen-bond acceptors (Lipinski definition) is 3. The Bertz CT molecular complexity index is 449. The van der Waals surface area contributed by atoms with Gasteiger partial charge in [-0.15, -0.1) is 0 Å². The van der Waals surface area contributed by atoms with E-state index in [1.807, 2.05) is 0 Å². The summed E-state index contributed by atoms with van der Waals surface area (Å²) in [5.74, 6) is 0.633. The zero-order valence-corrected chi connectivity index (χ0v) is 14.1. The third-order valence-corrected chi connectivity index (χ3v) is 4.25. The smallest absolute Gasteiger partial charge is 0.0764 e. The predicted molar refractivity (Wildman–Crippen MR) is 91.2 cm³/mol. The third kappa shape index (κ3) is 5.40. The second-order valence-corrected chi connectivity index (χ2v) is 7.10. The van der Waals surface area contributed by atoms with Crippen LogP contribution in [0, 0.1) is 5.92 Å². The molecule has 118 valence electrons. The molecule has 5 heteroatoms. The lowest BCUT2D eigenvalue weighted by Gasteiger charge is -2.23. The first-order valence-electron chi connectivity index (χ1n) is 8.09. The van der Waals surface area contributed by atoms with E-state index in [1.54, 1.807) is 0 Å². The van der Waals surface area contributed by atoms with Crippen LogP contribution in [0.5, 0.6) is 0 Å². The molecule has 0 amide bonds. The van der Waals surface area contributed by atoms with Crippen molar-refractivity contribution in [3.63, 3.8) is 0 Å². The van der Waals surface area contributed by atoms with Crippen molar-refractivity contribution in [1.82, 2.24) is 14.7 Å². The fourth-order valence-electron chi connectivity index (χ4n) is 3.08. The molecule has 1 heterocycles. The molecule has 1 saturated carbocycles. The Kier molecular flexibility index (Phi) is 6.18. The van der Waals surface area contributed by atoms with E-state index in [0.29, 0.717) is 16.9 Å². The van der Waals surface area contributed by atoms with Crippen LogP contribution in [-0.4, -0.2) is 32.8 Å². The summed E-state index contributed by atoms with van der Waals surface area (Å²) < 4.78 is 2.17. The van der Waals surface area contributed by atoms with Crippen LogP contribution in [0.4, 0.5) is 0 Å². The van der Waals surface area contributed by atoms with Crippen LogP contribution < -0.4 is 5.73 Å². The van der Waals surface area contributed by atoms with Gasteiger partial charge in [-0.1, -0.05) is 38.9 Å². The van der Waals surface area contributed by atoms with E-state index in [1.165, 1.54) is 25.7 Å². The Labute approximate surface area is 133 Å². The molecule has 0 radical (unpaired) electrons. The molecule has 0 spiro atoms. The molecule has 0 saturated heterocycles. The summed E-state index contributed by atoms with van der Waals surface area (Å²) in [5, 5.41) is 4.78. The van der Waals surface area contributed by atoms with E-state index < -0.39 is 0 Å². The Hall–Kier alpha value is -0.940. The van der Waals surface area contributed by atoms with Gasteiger partial charge in [-0.2, -0.15) is 5.10 Å². The van der Waals surface area contributed by atoms with Crippen LogP contribution in [0.1, 0.15) is 57.7 Å². The van der Waals surface area contributed by atoms with Gasteiger partial charge in [0.05, 0.1) is 16.7 Å². The number of nitrogens with two attached hydrogens (primary N) is 1. The van der Waals surface area contributed by atoms with Crippen molar-refractivity contribution in [2.24, 2.45) is 11.7 Å². The normalized spacial score (nSPS) is 16.2. The summed E-state index contributed by atoms with van der Waals surface area (Å²) >= 11 is 5.00. The second-order valence-electron chi connectivity index (χ2n) is 6.57. The highest BCUT2D eigenvalue weighted by atomic mass is 32.1. The van der Waals surface area contributed by atoms with E-state index in [-0.39, 0.29) is 0 Å². The minimum absolute atomic E-state index is 0.597. The maximum atomic E-state index is 5.64. The van der Waals surface area contributed by atoms with Crippen molar-refractivity contribution in [3.8, 4) is 0 Å². The molecule has 21 heavy (non-hydrogen) atoms. The number of aromatic nitrogens is 2. The number of nitrogens with zero attached hydrogens (tertiary/aromatic N) is 3. The summed E-state index contributed by atoms with van der Waals surface area (Å²) in [7, 11) is 0. The van der Waals surface area contributed by atoms with E-state index in [0.717, 1.165) is 31.7 Å². The molecular formula is C16H28N4S. The Morgan fingerprint density at radius 2 is 2.19 bits per heavy atom. The van der Waals surface area contributed by atoms with E-state index >= 15 is 0 Å². The molecule has 4 nitrogen and oxygen atoms in total. The summed E-state index contributed by atoms with van der Waals surface area (Å²) in [6, 6.07) is 2.78. The first kappa shape index (κ1) is 16.4. The summed E-state index contributed by atoms with van der Waals surface area (Å²) in [4.78, 5) is 3.01. The summed E-state index contributed by atoms with van der Waals surface area (Å²) in [6.45, 7) is 7.35. The molecule has 1 aromatic heterocycles. The highest BCUT2D eigenvalue weighted by Gasteiger charge is 2.18. The van der Waals surface area contributed by atoms with E-state index in [2.05, 4.69) is 35.7 Å². The van der Waals surface area contributed by atoms with Gasteiger partial charge in [-0.3, -0.25) is 9.58 Å². The van der Waals surface area contributed by atoms with Gasteiger partial charge in [0.15, 0.2) is 0 Å². The van der Waals surface area contributed by atoms with Crippen molar-refractivity contribution in [3.05, 3.63) is 18.0 Å². The summed E-state index contributed by atoms with van der Waals surface area (Å²) in [6.07, 6.45) is 8.16. The summed E-state index contributed by atoms with van der Waals surface area (Å²) in [5.41, 5.74) is 6.79. The fourth-order valence-corrected chi connectivity index (χ4v) is 3.17. The zero-order chi connectivity index (χ0) is 15.2. The molecule has 0 bridgehead atoms. The largest absolute Gasteiger partial charge is 0.393 e. The molecule has 0 unspecified atom stereocenters. The molecule has 1 aliphatic rings. The average molecular weight is 308 g/mol. The minimum atomic E-state index is 0.597. The van der Waals surface area contributed by atoms with Gasteiger partial charge in [0.1, 0.15) is 0 Å². The number of hydrogen-bond donors (Lipinski definition) is 1. The fraction of sp³-hybridized carbons (Fsp3) is 0.750. The van der Waals surface area contributed by atoms with E-state index in [4.69, 9.17) is 23.1 Å². The van der Waals surface area contributed by atoms with Crippen molar-refractivity contribution in [2.45, 2.75) is 58.5 Å². The van der Waals surface area contributed by atoms with Crippen LogP contribution in [0.25, 0.3) is 0 Å². The highest BCUT2D eigenvalue weighted by molar-refractivity contribution is 7.80. The van der Waals surface area contributed by atoms with E-state index in [9.17, 15) is 0 Å². The van der Waals surface area contributed by atoms with Crippen molar-refractivity contribution in [2.75, 3.05) is 13.1 Å². The van der Waals surface area contributed by atoms with Crippen LogP contribution in [-0.2, 0) is 6.54 Å². The van der Waals surface area contributed by atoms with Crippen LogP contribution in [0.2, 0.25) is 0 Å². The topological polar surface area (TPSA) is 47.1 Å². The lowest BCUT2D eigenvalue weighted by Crippen LogP contribution is -2.30. The van der Waals surface area contributed by atoms with Gasteiger partial charge in [0.25, 0.3) is 0 Å². The molecule has 1 aliphatic carbocycles. The molecule has 0 aliphatic heterocycles.